The Morgan fingerprint density at radius 2 is 2.21 bits per heavy atom. The zero-order chi connectivity index (χ0) is 14.0. The van der Waals surface area contributed by atoms with Crippen molar-refractivity contribution in [1.29, 1.82) is 0 Å². The molecule has 6 nitrogen and oxygen atoms in total. The molecule has 0 saturated heterocycles. The van der Waals surface area contributed by atoms with E-state index >= 15 is 0 Å². The van der Waals surface area contributed by atoms with Crippen molar-refractivity contribution < 1.29 is 13.5 Å². The summed E-state index contributed by atoms with van der Waals surface area (Å²) in [6.07, 6.45) is 1.25. The highest BCUT2D eigenvalue weighted by molar-refractivity contribution is 9.10. The van der Waals surface area contributed by atoms with E-state index in [1.54, 1.807) is 12.1 Å². The Kier molecular flexibility index (Phi) is 4.14. The van der Waals surface area contributed by atoms with E-state index in [1.165, 1.54) is 12.3 Å². The summed E-state index contributed by atoms with van der Waals surface area (Å²) in [6.45, 7) is -0.432. The lowest BCUT2D eigenvalue weighted by Gasteiger charge is -2.09. The van der Waals surface area contributed by atoms with Crippen LogP contribution >= 0.6 is 27.5 Å². The summed E-state index contributed by atoms with van der Waals surface area (Å²) >= 11 is 9.14. The van der Waals surface area contributed by atoms with Crippen molar-refractivity contribution in [3.63, 3.8) is 0 Å². The number of rotatable bonds is 4. The number of benzene rings is 1. The van der Waals surface area contributed by atoms with Crippen LogP contribution in [0.15, 0.2) is 33.9 Å². The van der Waals surface area contributed by atoms with Crippen molar-refractivity contribution in [2.75, 3.05) is 4.72 Å². The largest absolute Gasteiger partial charge is 0.392 e. The minimum absolute atomic E-state index is 0.179. The van der Waals surface area contributed by atoms with Crippen LogP contribution in [0.4, 0.5) is 5.69 Å². The summed E-state index contributed by atoms with van der Waals surface area (Å²) in [5.41, 5.74) is 0.410. The molecule has 0 aliphatic heterocycles. The van der Waals surface area contributed by atoms with Crippen molar-refractivity contribution in [2.24, 2.45) is 0 Å². The van der Waals surface area contributed by atoms with Gasteiger partial charge in [-0.2, -0.15) is 13.5 Å². The van der Waals surface area contributed by atoms with E-state index in [0.717, 1.165) is 0 Å². The number of H-pyrrole nitrogens is 1. The molecule has 19 heavy (non-hydrogen) atoms. The monoisotopic (exact) mass is 365 g/mol. The topological polar surface area (TPSA) is 95.1 Å². The van der Waals surface area contributed by atoms with Gasteiger partial charge in [0.2, 0.25) is 0 Å². The van der Waals surface area contributed by atoms with Gasteiger partial charge in [0, 0.05) is 10.0 Å². The molecule has 0 spiro atoms. The molecule has 1 heterocycles. The summed E-state index contributed by atoms with van der Waals surface area (Å²) in [7, 11) is -3.89. The molecule has 0 atom stereocenters. The number of hydrogen-bond acceptors (Lipinski definition) is 4. The standard InChI is InChI=1S/C10H9BrClN3O3S/c11-7-1-2-8(12)9(3-7)15-19(17,18)10-6(5-16)4-13-14-10/h1-4,15-16H,5H2,(H,13,14). The maximum absolute atomic E-state index is 12.1. The highest BCUT2D eigenvalue weighted by atomic mass is 79.9. The van der Waals surface area contributed by atoms with Gasteiger partial charge in [-0.05, 0) is 18.2 Å². The van der Waals surface area contributed by atoms with E-state index in [-0.39, 0.29) is 21.3 Å². The maximum atomic E-state index is 12.1. The number of sulfonamides is 1. The highest BCUT2D eigenvalue weighted by Crippen LogP contribution is 2.28. The Morgan fingerprint density at radius 1 is 1.47 bits per heavy atom. The molecule has 0 unspecified atom stereocenters. The van der Waals surface area contributed by atoms with Crippen LogP contribution in [-0.2, 0) is 16.6 Å². The molecule has 2 rings (SSSR count). The predicted octanol–water partition coefficient (Wildman–Crippen LogP) is 2.12. The molecule has 0 fully saturated rings. The first kappa shape index (κ1) is 14.3. The van der Waals surface area contributed by atoms with Crippen molar-refractivity contribution >= 4 is 43.2 Å². The average Bonchev–Trinajstić information content (AvgIpc) is 2.82. The number of aromatic nitrogens is 2. The summed E-state index contributed by atoms with van der Waals surface area (Å²) in [4.78, 5) is 0. The third-order valence-electron chi connectivity index (χ3n) is 2.29. The van der Waals surface area contributed by atoms with Crippen molar-refractivity contribution in [3.8, 4) is 0 Å². The van der Waals surface area contributed by atoms with Crippen LogP contribution in [0, 0.1) is 0 Å². The van der Waals surface area contributed by atoms with Gasteiger partial charge in [-0.15, -0.1) is 0 Å². The maximum Gasteiger partial charge on any atom is 0.279 e. The lowest BCUT2D eigenvalue weighted by Crippen LogP contribution is -2.15. The molecule has 0 aliphatic carbocycles. The lowest BCUT2D eigenvalue weighted by atomic mass is 10.3. The number of aliphatic hydroxyl groups excluding tert-OH is 1. The van der Waals surface area contributed by atoms with Gasteiger partial charge < -0.3 is 5.11 Å². The van der Waals surface area contributed by atoms with Crippen molar-refractivity contribution in [3.05, 3.63) is 39.5 Å². The molecule has 0 saturated carbocycles. The predicted molar refractivity (Wildman–Crippen MR) is 74.5 cm³/mol. The first-order valence-corrected chi connectivity index (χ1v) is 7.70. The molecule has 1 aromatic heterocycles. The molecule has 0 amide bonds. The summed E-state index contributed by atoms with van der Waals surface area (Å²) in [6, 6.07) is 4.79. The SMILES string of the molecule is O=S(=O)(Nc1cc(Br)ccc1Cl)c1[nH]ncc1CO. The fourth-order valence-corrected chi connectivity index (χ4v) is 3.19. The first-order valence-electron chi connectivity index (χ1n) is 5.05. The van der Waals surface area contributed by atoms with Crippen LogP contribution in [0.2, 0.25) is 5.02 Å². The number of anilines is 1. The number of nitrogens with zero attached hydrogens (tertiary/aromatic N) is 1. The molecule has 102 valence electrons. The van der Waals surface area contributed by atoms with E-state index in [2.05, 4.69) is 30.8 Å². The Balaban J connectivity index is 2.39. The summed E-state index contributed by atoms with van der Waals surface area (Å²) in [5, 5.41) is 15.1. The van der Waals surface area contributed by atoms with Crippen LogP contribution in [0.5, 0.6) is 0 Å². The molecule has 0 bridgehead atoms. The fraction of sp³-hybridized carbons (Fsp3) is 0.100. The Labute approximate surface area is 123 Å². The fourth-order valence-electron chi connectivity index (χ4n) is 1.42. The van der Waals surface area contributed by atoms with Crippen LogP contribution < -0.4 is 4.72 Å². The van der Waals surface area contributed by atoms with Crippen LogP contribution in [0.3, 0.4) is 0 Å². The zero-order valence-corrected chi connectivity index (χ0v) is 12.6. The van der Waals surface area contributed by atoms with Crippen molar-refractivity contribution in [2.45, 2.75) is 11.6 Å². The van der Waals surface area contributed by atoms with Crippen molar-refractivity contribution in [1.82, 2.24) is 10.2 Å². The lowest BCUT2D eigenvalue weighted by molar-refractivity contribution is 0.278. The highest BCUT2D eigenvalue weighted by Gasteiger charge is 2.21. The Hall–Kier alpha value is -1.09. The Morgan fingerprint density at radius 3 is 2.89 bits per heavy atom. The van der Waals surface area contributed by atoms with Gasteiger partial charge in [-0.25, -0.2) is 0 Å². The minimum Gasteiger partial charge on any atom is -0.392 e. The van der Waals surface area contributed by atoms with Gasteiger partial charge in [0.25, 0.3) is 10.0 Å². The third kappa shape index (κ3) is 3.08. The van der Waals surface area contributed by atoms with Crippen LogP contribution in [0.1, 0.15) is 5.56 Å². The molecule has 0 aliphatic rings. The molecule has 9 heteroatoms. The summed E-state index contributed by atoms with van der Waals surface area (Å²) in [5.74, 6) is 0. The smallest absolute Gasteiger partial charge is 0.279 e. The molecular weight excluding hydrogens is 358 g/mol. The van der Waals surface area contributed by atoms with Crippen LogP contribution in [0.25, 0.3) is 0 Å². The van der Waals surface area contributed by atoms with Crippen LogP contribution in [-0.4, -0.2) is 23.7 Å². The number of aromatic amines is 1. The van der Waals surface area contributed by atoms with Gasteiger partial charge in [-0.3, -0.25) is 9.82 Å². The number of nitrogens with one attached hydrogen (secondary N) is 2. The second-order valence-corrected chi connectivity index (χ2v) is 6.55. The zero-order valence-electron chi connectivity index (χ0n) is 9.39. The van der Waals surface area contributed by atoms with E-state index < -0.39 is 16.6 Å². The molecule has 2 aromatic rings. The Bertz CT molecular complexity index is 702. The van der Waals surface area contributed by atoms with Gasteiger partial charge in [-0.1, -0.05) is 27.5 Å². The summed E-state index contributed by atoms with van der Waals surface area (Å²) < 4.78 is 27.3. The second kappa shape index (κ2) is 5.49. The number of halogens is 2. The molecular formula is C10H9BrClN3O3S. The number of hydrogen-bond donors (Lipinski definition) is 3. The van der Waals surface area contributed by atoms with E-state index in [4.69, 9.17) is 16.7 Å². The molecule has 1 aromatic carbocycles. The molecule has 0 radical (unpaired) electrons. The average molecular weight is 367 g/mol. The van der Waals surface area contributed by atoms with E-state index in [9.17, 15) is 8.42 Å². The normalized spacial score (nSPS) is 11.5. The van der Waals surface area contributed by atoms with Gasteiger partial charge in [0.05, 0.1) is 23.5 Å². The molecule has 3 N–H and O–H groups in total. The number of aliphatic hydroxyl groups is 1. The van der Waals surface area contributed by atoms with Gasteiger partial charge >= 0.3 is 0 Å². The third-order valence-corrected chi connectivity index (χ3v) is 4.49. The minimum atomic E-state index is -3.89. The second-order valence-electron chi connectivity index (χ2n) is 3.61. The first-order chi connectivity index (χ1) is 8.94. The van der Waals surface area contributed by atoms with E-state index in [0.29, 0.717) is 4.47 Å². The van der Waals surface area contributed by atoms with E-state index in [1.807, 2.05) is 0 Å². The van der Waals surface area contributed by atoms with Gasteiger partial charge in [0.15, 0.2) is 5.03 Å². The van der Waals surface area contributed by atoms with Gasteiger partial charge in [0.1, 0.15) is 0 Å². The quantitative estimate of drug-likeness (QED) is 0.772.